The Balaban J connectivity index is 2.01. The Kier molecular flexibility index (Phi) is 7.66. The number of methoxy groups -OCH3 is 1. The van der Waals surface area contributed by atoms with Gasteiger partial charge in [0.25, 0.3) is 11.6 Å². The first-order chi connectivity index (χ1) is 13.9. The van der Waals surface area contributed by atoms with Gasteiger partial charge in [-0.25, -0.2) is 10.2 Å². The summed E-state index contributed by atoms with van der Waals surface area (Å²) < 4.78 is 15.4. The molecule has 0 fully saturated rings. The van der Waals surface area contributed by atoms with Crippen molar-refractivity contribution < 1.29 is 28.7 Å². The number of hydrogen-bond donors (Lipinski definition) is 1. The molecule has 29 heavy (non-hydrogen) atoms. The number of non-ortho nitro benzene ring substituents is 1. The Morgan fingerprint density at radius 3 is 2.52 bits per heavy atom. The Morgan fingerprint density at radius 2 is 1.90 bits per heavy atom. The fraction of sp³-hybridized carbons (Fsp3) is 0.211. The molecule has 2 aromatic carbocycles. The molecule has 152 valence electrons. The topological polar surface area (TPSA) is 129 Å². The van der Waals surface area contributed by atoms with Crippen LogP contribution in [0.4, 0.5) is 5.69 Å². The van der Waals surface area contributed by atoms with Crippen LogP contribution in [0.1, 0.15) is 22.8 Å². The molecule has 10 heteroatoms. The second kappa shape index (κ2) is 10.4. The molecule has 0 spiro atoms. The average Bonchev–Trinajstić information content (AvgIpc) is 2.72. The summed E-state index contributed by atoms with van der Waals surface area (Å²) in [7, 11) is 1.46. The van der Waals surface area contributed by atoms with Crippen LogP contribution in [0, 0.1) is 10.1 Å². The van der Waals surface area contributed by atoms with Gasteiger partial charge in [0, 0.05) is 17.7 Å². The van der Waals surface area contributed by atoms with Gasteiger partial charge in [-0.3, -0.25) is 14.9 Å². The third-order valence-corrected chi connectivity index (χ3v) is 3.56. The van der Waals surface area contributed by atoms with Crippen LogP contribution < -0.4 is 14.9 Å². The number of nitrogens with zero attached hydrogens (tertiary/aromatic N) is 2. The highest BCUT2D eigenvalue weighted by atomic mass is 16.6. The number of rotatable bonds is 9. The SMILES string of the molecule is CCOC(=O)COc1cc(/C=N/NC(=O)c2ccc([N+](=O)[O-])cc2)ccc1OC. The van der Waals surface area contributed by atoms with Crippen molar-refractivity contribution >= 4 is 23.8 Å². The Morgan fingerprint density at radius 1 is 1.17 bits per heavy atom. The predicted octanol–water partition coefficient (Wildman–Crippen LogP) is 2.31. The minimum Gasteiger partial charge on any atom is -0.493 e. The van der Waals surface area contributed by atoms with E-state index in [9.17, 15) is 19.7 Å². The number of carbonyl (C=O) groups excluding carboxylic acids is 2. The monoisotopic (exact) mass is 401 g/mol. The van der Waals surface area contributed by atoms with Crippen LogP contribution in [-0.4, -0.2) is 43.3 Å². The maximum Gasteiger partial charge on any atom is 0.344 e. The molecule has 0 saturated carbocycles. The van der Waals surface area contributed by atoms with E-state index in [0.717, 1.165) is 0 Å². The van der Waals surface area contributed by atoms with Gasteiger partial charge in [-0.1, -0.05) is 0 Å². The first kappa shape index (κ1) is 21.4. The van der Waals surface area contributed by atoms with Crippen LogP contribution in [0.25, 0.3) is 0 Å². The largest absolute Gasteiger partial charge is 0.493 e. The summed E-state index contributed by atoms with van der Waals surface area (Å²) in [5.41, 5.74) is 3.01. The van der Waals surface area contributed by atoms with Gasteiger partial charge < -0.3 is 14.2 Å². The van der Waals surface area contributed by atoms with Crippen molar-refractivity contribution in [2.24, 2.45) is 5.10 Å². The molecule has 0 aliphatic rings. The highest BCUT2D eigenvalue weighted by Crippen LogP contribution is 2.27. The van der Waals surface area contributed by atoms with E-state index >= 15 is 0 Å². The Hall–Kier alpha value is -3.95. The number of hydrogen-bond acceptors (Lipinski definition) is 8. The standard InChI is InChI=1S/C19H19N3O7/c1-3-28-18(23)12-29-17-10-13(4-9-16(17)27-2)11-20-21-19(24)14-5-7-15(8-6-14)22(25)26/h4-11H,3,12H2,1-2H3,(H,21,24)/b20-11+. The van der Waals surface area contributed by atoms with Gasteiger partial charge >= 0.3 is 5.97 Å². The molecule has 2 aromatic rings. The molecule has 1 N–H and O–H groups in total. The van der Waals surface area contributed by atoms with Crippen LogP contribution in [-0.2, 0) is 9.53 Å². The minimum absolute atomic E-state index is 0.112. The van der Waals surface area contributed by atoms with Gasteiger partial charge in [-0.2, -0.15) is 5.10 Å². The summed E-state index contributed by atoms with van der Waals surface area (Å²) in [5, 5.41) is 14.5. The predicted molar refractivity (Wildman–Crippen MR) is 103 cm³/mol. The summed E-state index contributed by atoms with van der Waals surface area (Å²) in [5.74, 6) is -0.306. The van der Waals surface area contributed by atoms with E-state index in [0.29, 0.717) is 17.1 Å². The second-order valence-corrected chi connectivity index (χ2v) is 5.51. The van der Waals surface area contributed by atoms with E-state index in [1.165, 1.54) is 37.6 Å². The van der Waals surface area contributed by atoms with Crippen molar-refractivity contribution in [2.75, 3.05) is 20.3 Å². The summed E-state index contributed by atoms with van der Waals surface area (Å²) in [6.45, 7) is 1.67. The number of nitrogens with one attached hydrogen (secondary N) is 1. The van der Waals surface area contributed by atoms with Gasteiger partial charge in [0.05, 0.1) is 24.9 Å². The highest BCUT2D eigenvalue weighted by molar-refractivity contribution is 5.95. The van der Waals surface area contributed by atoms with Crippen molar-refractivity contribution in [3.8, 4) is 11.5 Å². The Bertz CT molecular complexity index is 911. The minimum atomic E-state index is -0.550. The molecule has 10 nitrogen and oxygen atoms in total. The lowest BCUT2D eigenvalue weighted by Crippen LogP contribution is -2.17. The van der Waals surface area contributed by atoms with Gasteiger partial charge in [-0.15, -0.1) is 0 Å². The van der Waals surface area contributed by atoms with E-state index in [1.54, 1.807) is 25.1 Å². The first-order valence-corrected chi connectivity index (χ1v) is 8.49. The third kappa shape index (κ3) is 6.31. The van der Waals surface area contributed by atoms with Gasteiger partial charge in [-0.05, 0) is 42.8 Å². The zero-order valence-electron chi connectivity index (χ0n) is 15.8. The van der Waals surface area contributed by atoms with Crippen LogP contribution >= 0.6 is 0 Å². The molecule has 0 heterocycles. The lowest BCUT2D eigenvalue weighted by Gasteiger charge is -2.10. The van der Waals surface area contributed by atoms with Crippen molar-refractivity contribution in [2.45, 2.75) is 6.92 Å². The molecule has 2 rings (SSSR count). The molecule has 0 aromatic heterocycles. The molecule has 0 aliphatic carbocycles. The van der Waals surface area contributed by atoms with E-state index in [2.05, 4.69) is 10.5 Å². The lowest BCUT2D eigenvalue weighted by molar-refractivity contribution is -0.384. The highest BCUT2D eigenvalue weighted by Gasteiger charge is 2.10. The van der Waals surface area contributed by atoms with Gasteiger partial charge in [0.15, 0.2) is 18.1 Å². The maximum absolute atomic E-state index is 12.0. The Labute approximate surface area is 166 Å². The number of nitro benzene ring substituents is 1. The summed E-state index contributed by atoms with van der Waals surface area (Å²) in [6.07, 6.45) is 1.37. The zero-order chi connectivity index (χ0) is 21.2. The fourth-order valence-corrected chi connectivity index (χ4v) is 2.19. The molecule has 0 aliphatic heterocycles. The molecule has 0 unspecified atom stereocenters. The molecule has 0 atom stereocenters. The number of hydrazone groups is 1. The van der Waals surface area contributed by atoms with E-state index in [-0.39, 0.29) is 24.5 Å². The van der Waals surface area contributed by atoms with Gasteiger partial charge in [0.1, 0.15) is 0 Å². The maximum atomic E-state index is 12.0. The molecule has 0 bridgehead atoms. The molecule has 0 saturated heterocycles. The fourth-order valence-electron chi connectivity index (χ4n) is 2.19. The van der Waals surface area contributed by atoms with Crippen molar-refractivity contribution in [3.63, 3.8) is 0 Å². The summed E-state index contributed by atoms with van der Waals surface area (Å²) in [4.78, 5) is 33.6. The van der Waals surface area contributed by atoms with Crippen LogP contribution in [0.3, 0.4) is 0 Å². The van der Waals surface area contributed by atoms with Crippen LogP contribution in [0.5, 0.6) is 11.5 Å². The molecule has 0 radical (unpaired) electrons. The smallest absolute Gasteiger partial charge is 0.344 e. The van der Waals surface area contributed by atoms with E-state index < -0.39 is 16.8 Å². The molecule has 1 amide bonds. The van der Waals surface area contributed by atoms with E-state index in [1.807, 2.05) is 0 Å². The van der Waals surface area contributed by atoms with Crippen molar-refractivity contribution in [1.82, 2.24) is 5.43 Å². The second-order valence-electron chi connectivity index (χ2n) is 5.51. The van der Waals surface area contributed by atoms with Crippen LogP contribution in [0.15, 0.2) is 47.6 Å². The van der Waals surface area contributed by atoms with E-state index in [4.69, 9.17) is 14.2 Å². The average molecular weight is 401 g/mol. The molecular formula is C19H19N3O7. The lowest BCUT2D eigenvalue weighted by atomic mass is 10.2. The van der Waals surface area contributed by atoms with Crippen molar-refractivity contribution in [3.05, 3.63) is 63.7 Å². The normalized spacial score (nSPS) is 10.4. The van der Waals surface area contributed by atoms with Crippen LogP contribution in [0.2, 0.25) is 0 Å². The number of amides is 1. The zero-order valence-corrected chi connectivity index (χ0v) is 15.8. The van der Waals surface area contributed by atoms with Gasteiger partial charge in [0.2, 0.25) is 0 Å². The molecular weight excluding hydrogens is 382 g/mol. The summed E-state index contributed by atoms with van der Waals surface area (Å²) in [6, 6.07) is 10.0. The number of nitro groups is 1. The quantitative estimate of drug-likeness (QED) is 0.295. The number of benzene rings is 2. The number of carbonyl (C=O) groups is 2. The first-order valence-electron chi connectivity index (χ1n) is 8.49. The number of ether oxygens (including phenoxy) is 3. The number of esters is 1. The van der Waals surface area contributed by atoms with Crippen molar-refractivity contribution in [1.29, 1.82) is 0 Å². The third-order valence-electron chi connectivity index (χ3n) is 3.56. The summed E-state index contributed by atoms with van der Waals surface area (Å²) >= 11 is 0.